The van der Waals surface area contributed by atoms with Crippen molar-refractivity contribution in [3.05, 3.63) is 65.7 Å². The number of benzene rings is 2. The average Bonchev–Trinajstić information content (AvgIpc) is 2.54. The van der Waals surface area contributed by atoms with Crippen molar-refractivity contribution in [2.24, 2.45) is 0 Å². The van der Waals surface area contributed by atoms with Crippen LogP contribution in [0.4, 0.5) is 0 Å². The summed E-state index contributed by atoms with van der Waals surface area (Å²) in [7, 11) is 0. The SMILES string of the molecule is CC(=O)NCCNCc1cccc(OCc2ccccc2)c1. The van der Waals surface area contributed by atoms with Gasteiger partial charge in [0.2, 0.25) is 5.91 Å². The maximum Gasteiger partial charge on any atom is 0.216 e. The molecule has 0 radical (unpaired) electrons. The summed E-state index contributed by atoms with van der Waals surface area (Å²) in [6, 6.07) is 18.2. The quantitative estimate of drug-likeness (QED) is 0.736. The molecule has 0 unspecified atom stereocenters. The molecule has 0 fully saturated rings. The minimum Gasteiger partial charge on any atom is -0.489 e. The van der Waals surface area contributed by atoms with Gasteiger partial charge in [-0.15, -0.1) is 0 Å². The molecule has 0 atom stereocenters. The third-order valence-electron chi connectivity index (χ3n) is 3.15. The van der Waals surface area contributed by atoms with Crippen LogP contribution in [0.1, 0.15) is 18.1 Å². The zero-order valence-electron chi connectivity index (χ0n) is 12.8. The van der Waals surface area contributed by atoms with Crippen molar-refractivity contribution in [3.63, 3.8) is 0 Å². The molecule has 2 N–H and O–H groups in total. The number of rotatable bonds is 8. The molecular formula is C18H22N2O2. The molecule has 22 heavy (non-hydrogen) atoms. The third kappa shape index (κ3) is 5.97. The Bertz CT molecular complexity index is 585. The fourth-order valence-corrected chi connectivity index (χ4v) is 2.05. The Balaban J connectivity index is 1.76. The van der Waals surface area contributed by atoms with Gasteiger partial charge in [0.25, 0.3) is 0 Å². The maximum atomic E-state index is 10.8. The molecule has 4 nitrogen and oxygen atoms in total. The Hall–Kier alpha value is -2.33. The Morgan fingerprint density at radius 2 is 1.77 bits per heavy atom. The highest BCUT2D eigenvalue weighted by Crippen LogP contribution is 2.15. The lowest BCUT2D eigenvalue weighted by Gasteiger charge is -2.09. The average molecular weight is 298 g/mol. The highest BCUT2D eigenvalue weighted by Gasteiger charge is 1.98. The van der Waals surface area contributed by atoms with Crippen LogP contribution < -0.4 is 15.4 Å². The maximum absolute atomic E-state index is 10.8. The molecule has 2 rings (SSSR count). The van der Waals surface area contributed by atoms with Crippen LogP contribution in [0.5, 0.6) is 5.75 Å². The summed E-state index contributed by atoms with van der Waals surface area (Å²) in [5, 5.41) is 6.04. The number of amides is 1. The zero-order chi connectivity index (χ0) is 15.6. The smallest absolute Gasteiger partial charge is 0.216 e. The molecule has 0 aliphatic carbocycles. The molecule has 0 aromatic heterocycles. The van der Waals surface area contributed by atoms with Crippen molar-refractivity contribution in [2.75, 3.05) is 13.1 Å². The molecule has 4 heteroatoms. The van der Waals surface area contributed by atoms with E-state index in [9.17, 15) is 4.79 Å². The van der Waals surface area contributed by atoms with E-state index in [4.69, 9.17) is 4.74 Å². The predicted molar refractivity (Wildman–Crippen MR) is 87.6 cm³/mol. The van der Waals surface area contributed by atoms with Gasteiger partial charge in [-0.25, -0.2) is 0 Å². The zero-order valence-corrected chi connectivity index (χ0v) is 12.8. The first-order valence-electron chi connectivity index (χ1n) is 7.45. The second kappa shape index (κ2) is 8.85. The standard InChI is InChI=1S/C18H22N2O2/c1-15(21)20-11-10-19-13-17-8-5-9-18(12-17)22-14-16-6-3-2-4-7-16/h2-9,12,19H,10-11,13-14H2,1H3,(H,20,21). The first-order valence-corrected chi connectivity index (χ1v) is 7.45. The van der Waals surface area contributed by atoms with Crippen LogP contribution >= 0.6 is 0 Å². The Labute approximate surface area is 131 Å². The van der Waals surface area contributed by atoms with Gasteiger partial charge in [-0.3, -0.25) is 4.79 Å². The molecule has 2 aromatic rings. The topological polar surface area (TPSA) is 50.4 Å². The van der Waals surface area contributed by atoms with Gasteiger partial charge in [0, 0.05) is 26.6 Å². The molecule has 1 amide bonds. The van der Waals surface area contributed by atoms with E-state index >= 15 is 0 Å². The predicted octanol–water partition coefficient (Wildman–Crippen LogP) is 2.49. The lowest BCUT2D eigenvalue weighted by molar-refractivity contribution is -0.118. The van der Waals surface area contributed by atoms with Crippen LogP contribution in [0.3, 0.4) is 0 Å². The van der Waals surface area contributed by atoms with Crippen molar-refractivity contribution in [2.45, 2.75) is 20.1 Å². The number of hydrogen-bond donors (Lipinski definition) is 2. The summed E-state index contributed by atoms with van der Waals surface area (Å²) in [4.78, 5) is 10.8. The molecule has 0 aliphatic rings. The highest BCUT2D eigenvalue weighted by atomic mass is 16.5. The number of ether oxygens (including phenoxy) is 1. The molecule has 2 aromatic carbocycles. The van der Waals surface area contributed by atoms with Crippen LogP contribution in [0.15, 0.2) is 54.6 Å². The third-order valence-corrected chi connectivity index (χ3v) is 3.15. The van der Waals surface area contributed by atoms with Gasteiger partial charge >= 0.3 is 0 Å². The summed E-state index contributed by atoms with van der Waals surface area (Å²) >= 11 is 0. The summed E-state index contributed by atoms with van der Waals surface area (Å²) < 4.78 is 5.81. The van der Waals surface area contributed by atoms with Gasteiger partial charge in [0.15, 0.2) is 0 Å². The molecule has 0 heterocycles. The number of carbonyl (C=O) groups is 1. The van der Waals surface area contributed by atoms with Crippen LogP contribution in [0.25, 0.3) is 0 Å². The minimum atomic E-state index is -0.00175. The Morgan fingerprint density at radius 1 is 1.00 bits per heavy atom. The van der Waals surface area contributed by atoms with Crippen molar-refractivity contribution < 1.29 is 9.53 Å². The Morgan fingerprint density at radius 3 is 2.55 bits per heavy atom. The van der Waals surface area contributed by atoms with E-state index in [1.54, 1.807) is 0 Å². The van der Waals surface area contributed by atoms with Gasteiger partial charge in [-0.2, -0.15) is 0 Å². The summed E-state index contributed by atoms with van der Waals surface area (Å²) in [6.45, 7) is 4.23. The van der Waals surface area contributed by atoms with E-state index in [1.807, 2.05) is 48.5 Å². The van der Waals surface area contributed by atoms with Gasteiger partial charge in [0.1, 0.15) is 12.4 Å². The van der Waals surface area contributed by atoms with E-state index < -0.39 is 0 Å². The fourth-order valence-electron chi connectivity index (χ4n) is 2.05. The Kier molecular flexibility index (Phi) is 6.45. The van der Waals surface area contributed by atoms with E-state index in [0.717, 1.165) is 30.0 Å². The molecule has 116 valence electrons. The van der Waals surface area contributed by atoms with E-state index in [0.29, 0.717) is 13.2 Å². The van der Waals surface area contributed by atoms with Crippen LogP contribution in [-0.2, 0) is 17.9 Å². The van der Waals surface area contributed by atoms with Crippen molar-refractivity contribution in [1.29, 1.82) is 0 Å². The summed E-state index contributed by atoms with van der Waals surface area (Å²) in [6.07, 6.45) is 0. The van der Waals surface area contributed by atoms with Crippen LogP contribution in [0.2, 0.25) is 0 Å². The summed E-state index contributed by atoms with van der Waals surface area (Å²) in [5.41, 5.74) is 2.31. The van der Waals surface area contributed by atoms with Gasteiger partial charge < -0.3 is 15.4 Å². The monoisotopic (exact) mass is 298 g/mol. The fraction of sp³-hybridized carbons (Fsp3) is 0.278. The number of nitrogens with one attached hydrogen (secondary N) is 2. The number of hydrogen-bond acceptors (Lipinski definition) is 3. The molecule has 0 bridgehead atoms. The van der Waals surface area contributed by atoms with E-state index in [1.165, 1.54) is 6.92 Å². The first-order chi connectivity index (χ1) is 10.7. The van der Waals surface area contributed by atoms with Crippen molar-refractivity contribution in [3.8, 4) is 5.75 Å². The van der Waals surface area contributed by atoms with Gasteiger partial charge in [-0.1, -0.05) is 42.5 Å². The van der Waals surface area contributed by atoms with E-state index in [-0.39, 0.29) is 5.91 Å². The molecule has 0 aliphatic heterocycles. The first kappa shape index (κ1) is 16.0. The molecule has 0 saturated heterocycles. The number of carbonyl (C=O) groups excluding carboxylic acids is 1. The van der Waals surface area contributed by atoms with Crippen molar-refractivity contribution >= 4 is 5.91 Å². The lowest BCUT2D eigenvalue weighted by Crippen LogP contribution is -2.29. The highest BCUT2D eigenvalue weighted by molar-refractivity contribution is 5.72. The molecular weight excluding hydrogens is 276 g/mol. The largest absolute Gasteiger partial charge is 0.489 e. The van der Waals surface area contributed by atoms with Gasteiger partial charge in [-0.05, 0) is 23.3 Å². The second-order valence-electron chi connectivity index (χ2n) is 5.08. The van der Waals surface area contributed by atoms with Crippen LogP contribution in [0, 0.1) is 0 Å². The normalized spacial score (nSPS) is 10.2. The lowest BCUT2D eigenvalue weighted by atomic mass is 10.2. The van der Waals surface area contributed by atoms with E-state index in [2.05, 4.69) is 16.7 Å². The minimum absolute atomic E-state index is 0.00175. The summed E-state index contributed by atoms with van der Waals surface area (Å²) in [5.74, 6) is 0.864. The van der Waals surface area contributed by atoms with Gasteiger partial charge in [0.05, 0.1) is 0 Å². The van der Waals surface area contributed by atoms with Crippen LogP contribution in [-0.4, -0.2) is 19.0 Å². The molecule has 0 saturated carbocycles. The second-order valence-corrected chi connectivity index (χ2v) is 5.08. The molecule has 0 spiro atoms. The van der Waals surface area contributed by atoms with Crippen molar-refractivity contribution in [1.82, 2.24) is 10.6 Å².